The fourth-order valence-corrected chi connectivity index (χ4v) is 5.39. The molecule has 10 heteroatoms. The van der Waals surface area contributed by atoms with E-state index in [1.54, 1.807) is 24.4 Å². The quantitative estimate of drug-likeness (QED) is 0.229. The van der Waals surface area contributed by atoms with Gasteiger partial charge in [-0.1, -0.05) is 39.3 Å². The molecule has 2 aromatic heterocycles. The van der Waals surface area contributed by atoms with Crippen molar-refractivity contribution in [3.63, 3.8) is 0 Å². The van der Waals surface area contributed by atoms with Gasteiger partial charge in [-0.15, -0.1) is 11.3 Å². The maximum Gasteiger partial charge on any atom is 0.461 e. The zero-order chi connectivity index (χ0) is 25.6. The summed E-state index contributed by atoms with van der Waals surface area (Å²) in [6, 6.07) is 8.99. The topological polar surface area (TPSA) is 32.3 Å². The summed E-state index contributed by atoms with van der Waals surface area (Å²) < 4.78 is 41.0. The van der Waals surface area contributed by atoms with Gasteiger partial charge in [0.25, 0.3) is 0 Å². The predicted octanol–water partition coefficient (Wildman–Crippen LogP) is 8.04. The van der Waals surface area contributed by atoms with Crippen molar-refractivity contribution in [3.05, 3.63) is 52.6 Å². The number of thiazole rings is 1. The smallest absolute Gasteiger partial charge is 0.308 e. The number of benzene rings is 1. The van der Waals surface area contributed by atoms with Gasteiger partial charge < -0.3 is 9.21 Å². The van der Waals surface area contributed by atoms with Crippen molar-refractivity contribution >= 4 is 40.6 Å². The summed E-state index contributed by atoms with van der Waals surface area (Å²) in [7, 11) is 0. The van der Waals surface area contributed by atoms with Crippen LogP contribution in [0.25, 0.3) is 21.8 Å². The predicted molar refractivity (Wildman–Crippen MR) is 143 cm³/mol. The molecule has 0 radical (unpaired) electrons. The molecule has 0 amide bonds. The highest BCUT2D eigenvalue weighted by Crippen LogP contribution is 2.40. The summed E-state index contributed by atoms with van der Waals surface area (Å²) in [6.07, 6.45) is 2.68. The minimum atomic E-state index is -4.39. The standard InChI is InChI=1S/C25H30ClF3N4S2/c1-5-32(6-2)11-12-33(35-25(27,28)29)20-7-8-21(22(26)15-20)23-16-34-24(31-23)18-9-10-30-19(14-18)13-17(3)4/h7-10,14-17H,5-6,11-13H2,1-4H3. The van der Waals surface area contributed by atoms with Crippen molar-refractivity contribution in [2.24, 2.45) is 5.92 Å². The van der Waals surface area contributed by atoms with Gasteiger partial charge in [-0.2, -0.15) is 13.2 Å². The van der Waals surface area contributed by atoms with E-state index in [2.05, 4.69) is 29.8 Å². The number of halogens is 4. The van der Waals surface area contributed by atoms with Gasteiger partial charge in [0, 0.05) is 47.2 Å². The number of hydrogen-bond donors (Lipinski definition) is 0. The summed E-state index contributed by atoms with van der Waals surface area (Å²) >= 11 is 7.93. The zero-order valence-electron chi connectivity index (χ0n) is 20.3. The summed E-state index contributed by atoms with van der Waals surface area (Å²) in [6.45, 7) is 10.6. The van der Waals surface area contributed by atoms with Crippen LogP contribution in [0.4, 0.5) is 18.9 Å². The van der Waals surface area contributed by atoms with E-state index in [4.69, 9.17) is 16.6 Å². The second-order valence-electron chi connectivity index (χ2n) is 8.50. The van der Waals surface area contributed by atoms with E-state index in [1.807, 2.05) is 25.3 Å². The Kier molecular flexibility index (Phi) is 9.86. The number of aromatic nitrogens is 2. The molecular formula is C25H30ClF3N4S2. The molecule has 3 rings (SSSR count). The van der Waals surface area contributed by atoms with Crippen LogP contribution >= 0.6 is 34.9 Å². The van der Waals surface area contributed by atoms with Crippen molar-refractivity contribution in [1.82, 2.24) is 14.9 Å². The summed E-state index contributed by atoms with van der Waals surface area (Å²) in [5, 5.41) is 3.13. The number of likely N-dealkylation sites (N-methyl/N-ethyl adjacent to an activating group) is 1. The number of pyridine rings is 1. The molecule has 0 aliphatic heterocycles. The van der Waals surface area contributed by atoms with Crippen molar-refractivity contribution in [3.8, 4) is 21.8 Å². The number of alkyl halides is 3. The van der Waals surface area contributed by atoms with Crippen molar-refractivity contribution < 1.29 is 13.2 Å². The van der Waals surface area contributed by atoms with Gasteiger partial charge in [-0.05, 0) is 55.8 Å². The van der Waals surface area contributed by atoms with E-state index in [0.29, 0.717) is 34.4 Å². The lowest BCUT2D eigenvalue weighted by Crippen LogP contribution is -2.33. The molecule has 35 heavy (non-hydrogen) atoms. The van der Waals surface area contributed by atoms with Crippen LogP contribution in [0.2, 0.25) is 5.02 Å². The highest BCUT2D eigenvalue weighted by atomic mass is 35.5. The van der Waals surface area contributed by atoms with Crippen LogP contribution in [0.15, 0.2) is 41.9 Å². The first-order valence-electron chi connectivity index (χ1n) is 11.6. The molecule has 4 nitrogen and oxygen atoms in total. The molecule has 0 aliphatic rings. The van der Waals surface area contributed by atoms with Crippen molar-refractivity contribution in [2.75, 3.05) is 30.5 Å². The van der Waals surface area contributed by atoms with Crippen LogP contribution in [0.3, 0.4) is 0 Å². The Morgan fingerprint density at radius 3 is 2.46 bits per heavy atom. The zero-order valence-corrected chi connectivity index (χ0v) is 22.7. The molecule has 0 aliphatic carbocycles. The lowest BCUT2D eigenvalue weighted by atomic mass is 10.1. The minimum absolute atomic E-state index is 0.136. The number of rotatable bonds is 11. The minimum Gasteiger partial charge on any atom is -0.308 e. The largest absolute Gasteiger partial charge is 0.461 e. The second-order valence-corrected chi connectivity index (χ2v) is 10.9. The van der Waals surface area contributed by atoms with E-state index in [0.717, 1.165) is 35.8 Å². The molecule has 0 saturated heterocycles. The first-order valence-corrected chi connectivity index (χ1v) is 13.6. The van der Waals surface area contributed by atoms with E-state index < -0.39 is 5.51 Å². The van der Waals surface area contributed by atoms with Crippen LogP contribution in [0.1, 0.15) is 33.4 Å². The SMILES string of the molecule is CCN(CC)CCN(SC(F)(F)F)c1ccc(-c2csc(-c3ccnc(CC(C)C)c3)n2)c(Cl)c1. The van der Waals surface area contributed by atoms with E-state index >= 15 is 0 Å². The molecular weight excluding hydrogens is 513 g/mol. The first-order chi connectivity index (χ1) is 16.6. The third-order valence-electron chi connectivity index (χ3n) is 5.43. The van der Waals surface area contributed by atoms with E-state index in [-0.39, 0.29) is 18.5 Å². The number of hydrogen-bond acceptors (Lipinski definition) is 6. The fraction of sp³-hybridized carbons (Fsp3) is 0.440. The van der Waals surface area contributed by atoms with Gasteiger partial charge in [0.15, 0.2) is 0 Å². The van der Waals surface area contributed by atoms with Gasteiger partial charge >= 0.3 is 5.51 Å². The van der Waals surface area contributed by atoms with E-state index in [1.165, 1.54) is 15.6 Å². The molecule has 0 N–H and O–H groups in total. The van der Waals surface area contributed by atoms with Crippen LogP contribution in [0, 0.1) is 5.92 Å². The molecule has 3 aromatic rings. The lowest BCUT2D eigenvalue weighted by molar-refractivity contribution is -0.0329. The van der Waals surface area contributed by atoms with Crippen LogP contribution in [-0.2, 0) is 6.42 Å². The Bertz CT molecular complexity index is 1100. The van der Waals surface area contributed by atoms with Crippen LogP contribution in [0.5, 0.6) is 0 Å². The fourth-order valence-electron chi connectivity index (χ4n) is 3.66. The van der Waals surface area contributed by atoms with Gasteiger partial charge in [-0.3, -0.25) is 4.98 Å². The third kappa shape index (κ3) is 8.10. The van der Waals surface area contributed by atoms with Gasteiger partial charge in [0.2, 0.25) is 0 Å². The highest BCUT2D eigenvalue weighted by molar-refractivity contribution is 8.01. The molecule has 0 saturated carbocycles. The molecule has 0 atom stereocenters. The highest BCUT2D eigenvalue weighted by Gasteiger charge is 2.33. The summed E-state index contributed by atoms with van der Waals surface area (Å²) in [5.41, 5.74) is -0.586. The van der Waals surface area contributed by atoms with E-state index in [9.17, 15) is 13.2 Å². The Labute approximate surface area is 218 Å². The third-order valence-corrected chi connectivity index (χ3v) is 7.45. The second kappa shape index (κ2) is 12.4. The maximum atomic E-state index is 13.2. The van der Waals surface area contributed by atoms with Crippen molar-refractivity contribution in [1.29, 1.82) is 0 Å². The van der Waals surface area contributed by atoms with Crippen LogP contribution in [-0.4, -0.2) is 46.6 Å². The Morgan fingerprint density at radius 2 is 1.83 bits per heavy atom. The van der Waals surface area contributed by atoms with Gasteiger partial charge in [0.1, 0.15) is 5.01 Å². The first kappa shape index (κ1) is 27.8. The number of anilines is 1. The molecule has 0 fully saturated rings. The van der Waals surface area contributed by atoms with Gasteiger partial charge in [0.05, 0.1) is 22.7 Å². The maximum absolute atomic E-state index is 13.2. The average Bonchev–Trinajstić information content (AvgIpc) is 3.28. The lowest BCUT2D eigenvalue weighted by Gasteiger charge is -2.27. The van der Waals surface area contributed by atoms with Gasteiger partial charge in [-0.25, -0.2) is 4.98 Å². The molecule has 0 bridgehead atoms. The van der Waals surface area contributed by atoms with Crippen molar-refractivity contribution in [2.45, 2.75) is 39.6 Å². The Morgan fingerprint density at radius 1 is 1.09 bits per heavy atom. The van der Waals surface area contributed by atoms with Crippen LogP contribution < -0.4 is 4.31 Å². The average molecular weight is 543 g/mol. The Balaban J connectivity index is 1.83. The Hall–Kier alpha value is -1.81. The molecule has 190 valence electrons. The molecule has 0 spiro atoms. The molecule has 2 heterocycles. The molecule has 1 aromatic carbocycles. The molecule has 0 unspecified atom stereocenters. The monoisotopic (exact) mass is 542 g/mol. The summed E-state index contributed by atoms with van der Waals surface area (Å²) in [4.78, 5) is 11.3. The summed E-state index contributed by atoms with van der Waals surface area (Å²) in [5.74, 6) is 0.504. The normalized spacial score (nSPS) is 12.1. The number of nitrogens with zero attached hydrogens (tertiary/aromatic N) is 4.